The molecule has 0 atom stereocenters. The fraction of sp³-hybridized carbons (Fsp3) is 0.545. The van der Waals surface area contributed by atoms with E-state index < -0.39 is 0 Å². The third kappa shape index (κ3) is 2.69. The van der Waals surface area contributed by atoms with Crippen molar-refractivity contribution in [2.45, 2.75) is 6.42 Å². The number of aromatic nitrogens is 1. The highest BCUT2D eigenvalue weighted by atomic mass is 16.6. The first-order chi connectivity index (χ1) is 8.22. The highest BCUT2D eigenvalue weighted by Crippen LogP contribution is 2.11. The van der Waals surface area contributed by atoms with Gasteiger partial charge in [-0.2, -0.15) is 0 Å². The molecular formula is C11H16BN3O2. The van der Waals surface area contributed by atoms with Crippen molar-refractivity contribution < 1.29 is 9.31 Å². The molecule has 90 valence electrons. The molecule has 1 aliphatic heterocycles. The van der Waals surface area contributed by atoms with Crippen LogP contribution in [0.3, 0.4) is 0 Å². The molecule has 1 aromatic rings. The predicted molar refractivity (Wildman–Crippen MR) is 66.2 cm³/mol. The van der Waals surface area contributed by atoms with Crippen LogP contribution in [-0.2, 0) is 16.4 Å². The van der Waals surface area contributed by atoms with E-state index in [0.29, 0.717) is 19.2 Å². The van der Waals surface area contributed by atoms with Crippen molar-refractivity contribution in [2.75, 3.05) is 26.9 Å². The Labute approximate surface area is 102 Å². The number of hydrogen-bond donors (Lipinski definition) is 0. The van der Waals surface area contributed by atoms with Gasteiger partial charge in [0.05, 0.1) is 13.8 Å². The minimum atomic E-state index is -0.377. The van der Waals surface area contributed by atoms with E-state index in [4.69, 9.17) is 15.9 Å². The first-order valence-electron chi connectivity index (χ1n) is 5.67. The lowest BCUT2D eigenvalue weighted by Crippen LogP contribution is -2.45. The average molecular weight is 233 g/mol. The lowest BCUT2D eigenvalue weighted by Gasteiger charge is -2.23. The zero-order valence-corrected chi connectivity index (χ0v) is 10.2. The van der Waals surface area contributed by atoms with Crippen molar-refractivity contribution in [2.24, 2.45) is 7.05 Å². The van der Waals surface area contributed by atoms with E-state index in [1.54, 1.807) is 6.07 Å². The van der Waals surface area contributed by atoms with Gasteiger partial charge in [0.15, 0.2) is 0 Å². The summed E-state index contributed by atoms with van der Waals surface area (Å²) < 4.78 is 13.2. The van der Waals surface area contributed by atoms with Crippen LogP contribution in [0.15, 0.2) is 12.1 Å². The molecule has 0 bridgehead atoms. The molecule has 2 heterocycles. The van der Waals surface area contributed by atoms with Gasteiger partial charge in [-0.15, -0.1) is 0 Å². The van der Waals surface area contributed by atoms with Crippen LogP contribution >= 0.6 is 0 Å². The van der Waals surface area contributed by atoms with Crippen molar-refractivity contribution in [3.63, 3.8) is 0 Å². The molecule has 0 amide bonds. The Bertz CT molecular complexity index is 427. The maximum atomic E-state index is 7.04. The summed E-state index contributed by atoms with van der Waals surface area (Å²) in [5.41, 5.74) is 0.895. The zero-order chi connectivity index (χ0) is 12.3. The van der Waals surface area contributed by atoms with Gasteiger partial charge in [-0.1, -0.05) is 6.57 Å². The van der Waals surface area contributed by atoms with Crippen LogP contribution in [0.4, 0.5) is 5.82 Å². The molecule has 1 aliphatic rings. The highest BCUT2D eigenvalue weighted by molar-refractivity contribution is 6.60. The molecular weight excluding hydrogens is 217 g/mol. The van der Waals surface area contributed by atoms with E-state index in [9.17, 15) is 0 Å². The Balaban J connectivity index is 2.14. The first-order valence-corrected chi connectivity index (χ1v) is 5.67. The van der Waals surface area contributed by atoms with E-state index in [2.05, 4.69) is 9.74 Å². The standard InChI is InChI=1S/C11H16BN3O2/c1-13-11-6-5-10(15(11)3)12-16-8-4-7-14(2)9-17-12/h5-6H,4,7-9H2,2-3H3. The van der Waals surface area contributed by atoms with E-state index in [1.165, 1.54) is 0 Å². The number of nitrogens with zero attached hydrogens (tertiary/aromatic N) is 3. The molecule has 0 spiro atoms. The normalized spacial score (nSPS) is 18.5. The fourth-order valence-corrected chi connectivity index (χ4v) is 1.87. The van der Waals surface area contributed by atoms with Gasteiger partial charge in [0.1, 0.15) is 5.59 Å². The molecule has 0 unspecified atom stereocenters. The van der Waals surface area contributed by atoms with Crippen LogP contribution in [-0.4, -0.2) is 43.5 Å². The zero-order valence-electron chi connectivity index (χ0n) is 10.2. The van der Waals surface area contributed by atoms with Gasteiger partial charge in [0, 0.05) is 13.2 Å². The molecule has 1 fully saturated rings. The summed E-state index contributed by atoms with van der Waals surface area (Å²) in [4.78, 5) is 5.55. The fourth-order valence-electron chi connectivity index (χ4n) is 1.87. The van der Waals surface area contributed by atoms with Crippen LogP contribution in [0.1, 0.15) is 6.42 Å². The lowest BCUT2D eigenvalue weighted by atomic mass is 9.84. The quantitative estimate of drug-likeness (QED) is 0.525. The van der Waals surface area contributed by atoms with Crippen molar-refractivity contribution >= 4 is 18.5 Å². The molecule has 0 aliphatic carbocycles. The topological polar surface area (TPSA) is 31.0 Å². The third-order valence-electron chi connectivity index (χ3n) is 2.89. The Morgan fingerprint density at radius 1 is 1.35 bits per heavy atom. The summed E-state index contributed by atoms with van der Waals surface area (Å²) in [6, 6.07) is 3.68. The number of rotatable bonds is 1. The Hall–Kier alpha value is -1.29. The van der Waals surface area contributed by atoms with E-state index >= 15 is 0 Å². The summed E-state index contributed by atoms with van der Waals surface area (Å²) in [6.07, 6.45) is 0.996. The van der Waals surface area contributed by atoms with Crippen molar-refractivity contribution in [3.05, 3.63) is 23.5 Å². The van der Waals surface area contributed by atoms with Gasteiger partial charge in [-0.05, 0) is 25.6 Å². The molecule has 17 heavy (non-hydrogen) atoms. The molecule has 0 aromatic carbocycles. The van der Waals surface area contributed by atoms with Crippen LogP contribution in [0.2, 0.25) is 0 Å². The molecule has 0 N–H and O–H groups in total. The smallest absolute Gasteiger partial charge is 0.405 e. The Kier molecular flexibility index (Phi) is 3.84. The molecule has 2 rings (SSSR count). The van der Waals surface area contributed by atoms with E-state index in [-0.39, 0.29) is 7.12 Å². The predicted octanol–water partition coefficient (Wildman–Crippen LogP) is 0.597. The molecule has 0 saturated carbocycles. The summed E-state index contributed by atoms with van der Waals surface area (Å²) >= 11 is 0. The second-order valence-electron chi connectivity index (χ2n) is 4.22. The van der Waals surface area contributed by atoms with Crippen molar-refractivity contribution in [3.8, 4) is 0 Å². The maximum Gasteiger partial charge on any atom is 0.535 e. The van der Waals surface area contributed by atoms with Gasteiger partial charge in [-0.3, -0.25) is 4.90 Å². The summed E-state index contributed by atoms with van der Waals surface area (Å²) in [6.45, 7) is 9.23. The Morgan fingerprint density at radius 3 is 2.88 bits per heavy atom. The summed E-state index contributed by atoms with van der Waals surface area (Å²) in [7, 11) is 3.51. The van der Waals surface area contributed by atoms with E-state index in [0.717, 1.165) is 18.6 Å². The summed E-state index contributed by atoms with van der Waals surface area (Å²) in [5, 5.41) is 0. The molecule has 0 radical (unpaired) electrons. The monoisotopic (exact) mass is 233 g/mol. The molecule has 1 aromatic heterocycles. The van der Waals surface area contributed by atoms with Crippen molar-refractivity contribution in [1.82, 2.24) is 9.47 Å². The lowest BCUT2D eigenvalue weighted by molar-refractivity contribution is 0.0880. The van der Waals surface area contributed by atoms with Crippen LogP contribution in [0.5, 0.6) is 0 Å². The van der Waals surface area contributed by atoms with Crippen LogP contribution in [0.25, 0.3) is 4.85 Å². The molecule has 6 heteroatoms. The second-order valence-corrected chi connectivity index (χ2v) is 4.22. The van der Waals surface area contributed by atoms with Gasteiger partial charge < -0.3 is 18.7 Å². The largest absolute Gasteiger partial charge is 0.535 e. The van der Waals surface area contributed by atoms with Gasteiger partial charge >= 0.3 is 7.12 Å². The van der Waals surface area contributed by atoms with E-state index in [1.807, 2.05) is 24.7 Å². The Morgan fingerprint density at radius 2 is 2.18 bits per heavy atom. The average Bonchev–Trinajstić information content (AvgIpc) is 2.66. The van der Waals surface area contributed by atoms with Crippen molar-refractivity contribution in [1.29, 1.82) is 0 Å². The van der Waals surface area contributed by atoms with Gasteiger partial charge in [-0.25, -0.2) is 0 Å². The van der Waals surface area contributed by atoms with Crippen LogP contribution in [0, 0.1) is 6.57 Å². The minimum absolute atomic E-state index is 0.377. The SMILES string of the molecule is [C-]#[N+]c1ccc(B2OCCCN(C)CO2)n1C. The van der Waals surface area contributed by atoms with Gasteiger partial charge in [0.2, 0.25) is 5.82 Å². The summed E-state index contributed by atoms with van der Waals surface area (Å²) in [5.74, 6) is 0.600. The van der Waals surface area contributed by atoms with Crippen LogP contribution < -0.4 is 5.59 Å². The highest BCUT2D eigenvalue weighted by Gasteiger charge is 2.29. The maximum absolute atomic E-state index is 7.04. The molecule has 1 saturated heterocycles. The minimum Gasteiger partial charge on any atom is -0.405 e. The van der Waals surface area contributed by atoms with Gasteiger partial charge in [0.25, 0.3) is 0 Å². The second kappa shape index (κ2) is 5.36. The first kappa shape index (κ1) is 12.2. The molecule has 5 nitrogen and oxygen atoms in total. The number of hydrogen-bond acceptors (Lipinski definition) is 3. The third-order valence-corrected chi connectivity index (χ3v) is 2.89.